The monoisotopic (exact) mass is 1500 g/mol. The Kier molecular flexibility index (Phi) is 65.2. The van der Waals surface area contributed by atoms with Crippen molar-refractivity contribution >= 4 is 41.6 Å². The van der Waals surface area contributed by atoms with Gasteiger partial charge < -0.3 is 54.7 Å². The lowest BCUT2D eigenvalue weighted by atomic mass is 10.0. The molecule has 5 atom stereocenters. The molecule has 0 aromatic heterocycles. The van der Waals surface area contributed by atoms with Gasteiger partial charge in [0, 0.05) is 68.6 Å². The van der Waals surface area contributed by atoms with Gasteiger partial charge in [0.15, 0.2) is 0 Å². The summed E-state index contributed by atoms with van der Waals surface area (Å²) < 4.78 is 23.2. The van der Waals surface area contributed by atoms with Crippen LogP contribution < -0.4 is 16.0 Å². The number of likely N-dealkylation sites (N-methyl/N-ethyl adjacent to an activating group) is 1. The Hall–Kier alpha value is -4.65. The van der Waals surface area contributed by atoms with Crippen molar-refractivity contribution in [3.63, 3.8) is 0 Å². The molecule has 0 spiro atoms. The summed E-state index contributed by atoms with van der Waals surface area (Å²) in [4.78, 5) is 99.3. The second-order valence-corrected chi connectivity index (χ2v) is 30.9. The van der Waals surface area contributed by atoms with Crippen molar-refractivity contribution < 1.29 is 57.6 Å². The molecular formula is C88H162N6O12. The molecule has 0 fully saturated rings. The average molecular weight is 1500 g/mol. The van der Waals surface area contributed by atoms with Crippen LogP contribution in [0.15, 0.2) is 18.2 Å². The predicted molar refractivity (Wildman–Crippen MR) is 437 cm³/mol. The third-order valence-electron chi connectivity index (χ3n) is 20.6. The summed E-state index contributed by atoms with van der Waals surface area (Å²) in [6.45, 7) is 23.7. The van der Waals surface area contributed by atoms with Crippen LogP contribution in [0.25, 0.3) is 0 Å². The van der Waals surface area contributed by atoms with E-state index in [0.29, 0.717) is 45.3 Å². The molecule has 3 amide bonds. The summed E-state index contributed by atoms with van der Waals surface area (Å²) in [5.74, 6) is -1.49. The summed E-state index contributed by atoms with van der Waals surface area (Å²) in [7, 11) is 3.69. The summed E-state index contributed by atoms with van der Waals surface area (Å²) in [5, 5.41) is 19.7. The molecule has 0 bridgehead atoms. The molecule has 616 valence electrons. The Morgan fingerprint density at radius 1 is 0.321 bits per heavy atom. The summed E-state index contributed by atoms with van der Waals surface area (Å²) in [5.41, 5.74) is 0.589. The summed E-state index contributed by atoms with van der Waals surface area (Å²) >= 11 is 0. The first-order valence-electron chi connectivity index (χ1n) is 44.0. The van der Waals surface area contributed by atoms with E-state index in [1.54, 1.807) is 6.07 Å². The van der Waals surface area contributed by atoms with Crippen LogP contribution in [0.2, 0.25) is 0 Å². The maximum atomic E-state index is 14.1. The number of aliphatic hydroxyl groups excluding tert-OH is 1. The van der Waals surface area contributed by atoms with Gasteiger partial charge in [0.05, 0.1) is 6.10 Å². The molecule has 0 aliphatic rings. The molecule has 0 aliphatic carbocycles. The zero-order valence-corrected chi connectivity index (χ0v) is 69.8. The van der Waals surface area contributed by atoms with Gasteiger partial charge in [-0.25, -0.2) is 0 Å². The first kappa shape index (κ1) is 99.4. The van der Waals surface area contributed by atoms with Crippen molar-refractivity contribution in [3.05, 3.63) is 34.9 Å². The molecule has 0 heterocycles. The Morgan fingerprint density at radius 2 is 0.557 bits per heavy atom. The molecule has 0 saturated carbocycles. The molecule has 0 saturated heterocycles. The average Bonchev–Trinajstić information content (AvgIpc) is 0.826. The van der Waals surface area contributed by atoms with Gasteiger partial charge in [0.1, 0.15) is 24.4 Å². The number of carbonyl (C=O) groups excluding carboxylic acids is 7. The fourth-order valence-electron chi connectivity index (χ4n) is 13.8. The zero-order valence-electron chi connectivity index (χ0n) is 69.8. The summed E-state index contributed by atoms with van der Waals surface area (Å²) in [6, 6.07) is 4.62. The number of nitrogens with zero attached hydrogens (tertiary/aromatic N) is 3. The standard InChI is InChI=1S/C88H162N6O12/c1-11-19-39-53-78(15-5)103-82(96)57-43-31-23-27-35-47-63-93(64-48-36-28-24-32-44-58-83(97)104-79(16-6)54-40-20-12-2)67-51-61-89-86(100)74-69-75(71-76(70-74)88(102)91-72-77(95)73-92(9)10)87(101)90-62-52-68-94(65-49-37-29-25-33-45-59-84(98)105-80(17-7)55-41-21-13-3)66-50-38-30-26-34-46-60-85(99)106-81(18-8)56-42-22-14-4/h69-71,77-81,95H,11-68,72-73H2,1-10H3,(H,89,100)(H,90,101)(H,91,102). The molecule has 1 rings (SSSR count). The number of hydrogen-bond acceptors (Lipinski definition) is 15. The first-order chi connectivity index (χ1) is 51.4. The highest BCUT2D eigenvalue weighted by Gasteiger charge is 2.21. The number of hydrogen-bond donors (Lipinski definition) is 4. The van der Waals surface area contributed by atoms with Crippen molar-refractivity contribution in [1.82, 2.24) is 30.7 Å². The van der Waals surface area contributed by atoms with E-state index in [0.717, 1.165) is 309 Å². The SMILES string of the molecule is CCCCCC(CC)OC(=O)CCCCCCCCN(CCCCCCCCC(=O)OC(CC)CCCCC)CCCNC(=O)c1cc(C(=O)NCCCN(CCCCCCCCC(=O)OC(CC)CCCCC)CCCCCCCCC(=O)OC(CC)CCCCC)cc(C(=O)NCC(O)CN(C)C)c1. The van der Waals surface area contributed by atoms with E-state index in [2.05, 4.69) is 81.1 Å². The molecule has 0 aliphatic heterocycles. The van der Waals surface area contributed by atoms with Crippen molar-refractivity contribution in [2.45, 2.75) is 407 Å². The van der Waals surface area contributed by atoms with Gasteiger partial charge >= 0.3 is 23.9 Å². The van der Waals surface area contributed by atoms with Crippen LogP contribution in [0.3, 0.4) is 0 Å². The topological polar surface area (TPSA) is 222 Å². The van der Waals surface area contributed by atoms with E-state index in [1.165, 1.54) is 37.8 Å². The molecule has 1 aromatic carbocycles. The van der Waals surface area contributed by atoms with Gasteiger partial charge in [-0.2, -0.15) is 0 Å². The Bertz CT molecular complexity index is 2110. The zero-order chi connectivity index (χ0) is 77.9. The molecule has 4 N–H and O–H groups in total. The highest BCUT2D eigenvalue weighted by Crippen LogP contribution is 2.21. The Morgan fingerprint density at radius 3 is 0.802 bits per heavy atom. The van der Waals surface area contributed by atoms with Gasteiger partial charge in [0.25, 0.3) is 17.7 Å². The normalized spacial score (nSPS) is 13.0. The minimum absolute atomic E-state index is 0.00341. The van der Waals surface area contributed by atoms with Crippen LogP contribution in [0, 0.1) is 0 Å². The Balaban J connectivity index is 3.08. The highest BCUT2D eigenvalue weighted by atomic mass is 16.6. The third kappa shape index (κ3) is 56.6. The van der Waals surface area contributed by atoms with Crippen LogP contribution in [0.5, 0.6) is 0 Å². The van der Waals surface area contributed by atoms with E-state index in [1.807, 2.05) is 19.0 Å². The lowest BCUT2D eigenvalue weighted by Crippen LogP contribution is -2.38. The van der Waals surface area contributed by atoms with Crippen molar-refractivity contribution in [1.29, 1.82) is 0 Å². The maximum absolute atomic E-state index is 14.1. The van der Waals surface area contributed by atoms with Gasteiger partial charge in [-0.1, -0.05) is 209 Å². The van der Waals surface area contributed by atoms with Crippen LogP contribution in [-0.4, -0.2) is 171 Å². The van der Waals surface area contributed by atoms with Gasteiger partial charge in [0.2, 0.25) is 0 Å². The van der Waals surface area contributed by atoms with E-state index in [-0.39, 0.29) is 83.3 Å². The van der Waals surface area contributed by atoms with Crippen LogP contribution in [0.1, 0.15) is 408 Å². The van der Waals surface area contributed by atoms with Crippen LogP contribution in [-0.2, 0) is 38.1 Å². The second kappa shape index (κ2) is 69.5. The third-order valence-corrected chi connectivity index (χ3v) is 20.6. The van der Waals surface area contributed by atoms with Gasteiger partial charge in [-0.3, -0.25) is 33.6 Å². The number of carbonyl (C=O) groups is 7. The molecule has 106 heavy (non-hydrogen) atoms. The van der Waals surface area contributed by atoms with E-state index in [9.17, 15) is 38.7 Å². The van der Waals surface area contributed by atoms with Crippen molar-refractivity contribution in [2.24, 2.45) is 0 Å². The highest BCUT2D eigenvalue weighted by molar-refractivity contribution is 6.04. The van der Waals surface area contributed by atoms with Gasteiger partial charge in [-0.15, -0.1) is 0 Å². The van der Waals surface area contributed by atoms with E-state index >= 15 is 0 Å². The van der Waals surface area contributed by atoms with Crippen LogP contribution >= 0.6 is 0 Å². The number of esters is 4. The number of nitrogens with one attached hydrogen (secondary N) is 3. The minimum atomic E-state index is -0.813. The number of aliphatic hydroxyl groups is 1. The summed E-state index contributed by atoms with van der Waals surface area (Å²) in [6.07, 6.45) is 48.6. The quantitative estimate of drug-likeness (QED) is 0.0271. The minimum Gasteiger partial charge on any atom is -0.462 e. The largest absolute Gasteiger partial charge is 0.462 e. The fourth-order valence-corrected chi connectivity index (χ4v) is 13.8. The maximum Gasteiger partial charge on any atom is 0.306 e. The predicted octanol–water partition coefficient (Wildman–Crippen LogP) is 19.7. The number of unbranched alkanes of at least 4 members (excludes halogenated alkanes) is 28. The smallest absolute Gasteiger partial charge is 0.306 e. The second-order valence-electron chi connectivity index (χ2n) is 30.9. The number of ether oxygens (including phenoxy) is 4. The lowest BCUT2D eigenvalue weighted by molar-refractivity contribution is -0.150. The number of rotatable bonds is 75. The molecule has 1 aromatic rings. The molecular weight excluding hydrogens is 1330 g/mol. The molecule has 18 heteroatoms. The van der Waals surface area contributed by atoms with Crippen LogP contribution in [0.4, 0.5) is 0 Å². The molecule has 5 unspecified atom stereocenters. The molecule has 0 radical (unpaired) electrons. The van der Waals surface area contributed by atoms with Gasteiger partial charge in [-0.05, 0) is 213 Å². The van der Waals surface area contributed by atoms with E-state index in [4.69, 9.17) is 18.9 Å². The molecule has 18 nitrogen and oxygen atoms in total. The van der Waals surface area contributed by atoms with Crippen molar-refractivity contribution in [3.8, 4) is 0 Å². The first-order valence-corrected chi connectivity index (χ1v) is 44.0. The van der Waals surface area contributed by atoms with Crippen molar-refractivity contribution in [2.75, 3.05) is 79.5 Å². The fraction of sp³-hybridized carbons (Fsp3) is 0.852. The lowest BCUT2D eigenvalue weighted by Gasteiger charge is -2.22. The Labute approximate surface area is 648 Å². The van der Waals surface area contributed by atoms with E-state index < -0.39 is 12.0 Å². The number of benzene rings is 1. The number of amides is 3.